The Bertz CT molecular complexity index is 828. The summed E-state index contributed by atoms with van der Waals surface area (Å²) in [5.74, 6) is -5.39. The minimum Gasteiger partial charge on any atom is -0.370 e. The van der Waals surface area contributed by atoms with Gasteiger partial charge >= 0.3 is 0 Å². The smallest absolute Gasteiger partial charge is 0.194 e. The first-order valence-corrected chi connectivity index (χ1v) is 8.28. The van der Waals surface area contributed by atoms with E-state index >= 15 is 0 Å². The summed E-state index contributed by atoms with van der Waals surface area (Å²) in [4.78, 5) is 5.93. The molecule has 1 aromatic heterocycles. The van der Waals surface area contributed by atoms with Crippen molar-refractivity contribution >= 4 is 5.96 Å². The Labute approximate surface area is 153 Å². The van der Waals surface area contributed by atoms with Crippen LogP contribution in [0.3, 0.4) is 0 Å². The van der Waals surface area contributed by atoms with Gasteiger partial charge in [0.25, 0.3) is 0 Å². The molecule has 0 amide bonds. The Morgan fingerprint density at radius 1 is 1.30 bits per heavy atom. The molecular formula is C17H19F4N5O. The van der Waals surface area contributed by atoms with E-state index in [0.29, 0.717) is 25.7 Å². The van der Waals surface area contributed by atoms with Crippen LogP contribution in [0.5, 0.6) is 0 Å². The minimum absolute atomic E-state index is 0.184. The number of morpholine rings is 1. The van der Waals surface area contributed by atoms with E-state index < -0.39 is 35.4 Å². The van der Waals surface area contributed by atoms with Crippen molar-refractivity contribution in [2.75, 3.05) is 26.7 Å². The van der Waals surface area contributed by atoms with Crippen molar-refractivity contribution in [1.82, 2.24) is 20.0 Å². The number of aliphatic imine (C=N–C) groups is 1. The highest BCUT2D eigenvalue weighted by Crippen LogP contribution is 2.22. The molecule has 3 rings (SSSR count). The van der Waals surface area contributed by atoms with Crippen LogP contribution in [0.2, 0.25) is 0 Å². The molecule has 0 saturated carbocycles. The van der Waals surface area contributed by atoms with Crippen LogP contribution in [-0.4, -0.2) is 47.4 Å². The highest BCUT2D eigenvalue weighted by Gasteiger charge is 2.26. The van der Waals surface area contributed by atoms with Crippen LogP contribution in [0.15, 0.2) is 23.5 Å². The molecule has 1 saturated heterocycles. The van der Waals surface area contributed by atoms with E-state index in [2.05, 4.69) is 15.4 Å². The highest BCUT2D eigenvalue weighted by atomic mass is 19.2. The number of ether oxygens (including phenoxy) is 1. The minimum atomic E-state index is -1.44. The third-order valence-corrected chi connectivity index (χ3v) is 4.30. The lowest BCUT2D eigenvalue weighted by Gasteiger charge is -2.34. The second kappa shape index (κ2) is 7.95. The van der Waals surface area contributed by atoms with Crippen LogP contribution in [0, 0.1) is 23.3 Å². The summed E-state index contributed by atoms with van der Waals surface area (Å²) < 4.78 is 61.7. The zero-order valence-electron chi connectivity index (χ0n) is 14.8. The van der Waals surface area contributed by atoms with Crippen molar-refractivity contribution < 1.29 is 22.3 Å². The van der Waals surface area contributed by atoms with Gasteiger partial charge in [0.2, 0.25) is 0 Å². The maximum atomic E-state index is 13.8. The molecule has 1 N–H and O–H groups in total. The van der Waals surface area contributed by atoms with Crippen LogP contribution >= 0.6 is 0 Å². The molecule has 0 spiro atoms. The van der Waals surface area contributed by atoms with Crippen LogP contribution in [0.4, 0.5) is 17.6 Å². The summed E-state index contributed by atoms with van der Waals surface area (Å²) in [5.41, 5.74) is 0.174. The molecular weight excluding hydrogens is 366 g/mol. The number of aromatic nitrogens is 2. The van der Waals surface area contributed by atoms with Gasteiger partial charge < -0.3 is 15.0 Å². The van der Waals surface area contributed by atoms with Crippen LogP contribution in [-0.2, 0) is 18.3 Å². The fraction of sp³-hybridized carbons (Fsp3) is 0.412. The van der Waals surface area contributed by atoms with E-state index in [1.807, 2.05) is 11.1 Å². The first-order valence-electron chi connectivity index (χ1n) is 8.28. The van der Waals surface area contributed by atoms with Crippen molar-refractivity contribution in [2.45, 2.75) is 12.6 Å². The van der Waals surface area contributed by atoms with Gasteiger partial charge in [-0.2, -0.15) is 5.10 Å². The van der Waals surface area contributed by atoms with Gasteiger partial charge in [-0.25, -0.2) is 17.6 Å². The number of nitrogens with zero attached hydrogens (tertiary/aromatic N) is 4. The molecule has 6 nitrogen and oxygen atoms in total. The van der Waals surface area contributed by atoms with Gasteiger partial charge in [-0.3, -0.25) is 9.67 Å². The molecule has 10 heteroatoms. The molecule has 1 fully saturated rings. The fourth-order valence-corrected chi connectivity index (χ4v) is 2.93. The SMILES string of the molecule is CN=C(NCc1c(F)c(F)cc(F)c1F)N1CCOC(c2cnn(C)c2)C1. The summed E-state index contributed by atoms with van der Waals surface area (Å²) in [7, 11) is 3.31. The Kier molecular flexibility index (Phi) is 5.64. The molecule has 27 heavy (non-hydrogen) atoms. The normalized spacial score (nSPS) is 18.1. The predicted octanol–water partition coefficient (Wildman–Crippen LogP) is 2.13. The zero-order chi connectivity index (χ0) is 19.6. The summed E-state index contributed by atoms with van der Waals surface area (Å²) in [5, 5.41) is 6.87. The Morgan fingerprint density at radius 2 is 2.00 bits per heavy atom. The van der Waals surface area contributed by atoms with Crippen molar-refractivity contribution in [3.8, 4) is 0 Å². The maximum Gasteiger partial charge on any atom is 0.194 e. The number of aryl methyl sites for hydroxylation is 1. The molecule has 146 valence electrons. The van der Waals surface area contributed by atoms with Crippen molar-refractivity contribution in [2.24, 2.45) is 12.0 Å². The summed E-state index contributed by atoms with van der Waals surface area (Å²) in [6.45, 7) is 0.901. The third-order valence-electron chi connectivity index (χ3n) is 4.30. The Balaban J connectivity index is 1.71. The molecule has 0 radical (unpaired) electrons. The van der Waals surface area contributed by atoms with Gasteiger partial charge in [0.1, 0.15) is 6.10 Å². The number of halogens is 4. The number of nitrogens with one attached hydrogen (secondary N) is 1. The van der Waals surface area contributed by atoms with E-state index in [1.54, 1.807) is 17.9 Å². The quantitative estimate of drug-likeness (QED) is 0.381. The average Bonchev–Trinajstić information content (AvgIpc) is 3.10. The number of hydrogen-bond donors (Lipinski definition) is 1. The lowest BCUT2D eigenvalue weighted by atomic mass is 10.1. The number of hydrogen-bond acceptors (Lipinski definition) is 3. The monoisotopic (exact) mass is 385 g/mol. The zero-order valence-corrected chi connectivity index (χ0v) is 14.8. The molecule has 2 heterocycles. The van der Waals surface area contributed by atoms with Gasteiger partial charge in [0.05, 0.1) is 19.3 Å². The third kappa shape index (κ3) is 4.05. The summed E-state index contributed by atoms with van der Waals surface area (Å²) in [6.07, 6.45) is 3.29. The van der Waals surface area contributed by atoms with Gasteiger partial charge in [-0.15, -0.1) is 0 Å². The molecule has 1 unspecified atom stereocenters. The number of guanidine groups is 1. The average molecular weight is 385 g/mol. The van der Waals surface area contributed by atoms with Gasteiger partial charge in [0.15, 0.2) is 29.2 Å². The molecule has 1 aliphatic rings. The molecule has 1 atom stereocenters. The van der Waals surface area contributed by atoms with E-state index in [-0.39, 0.29) is 12.2 Å². The van der Waals surface area contributed by atoms with Crippen molar-refractivity contribution in [3.63, 3.8) is 0 Å². The largest absolute Gasteiger partial charge is 0.370 e. The topological polar surface area (TPSA) is 54.7 Å². The second-order valence-electron chi connectivity index (χ2n) is 6.10. The van der Waals surface area contributed by atoms with E-state index in [0.717, 1.165) is 5.56 Å². The van der Waals surface area contributed by atoms with Gasteiger partial charge in [-0.1, -0.05) is 0 Å². The van der Waals surface area contributed by atoms with Crippen LogP contribution in [0.25, 0.3) is 0 Å². The highest BCUT2D eigenvalue weighted by molar-refractivity contribution is 5.80. The Hall–Kier alpha value is -2.62. The maximum absolute atomic E-state index is 13.8. The first-order chi connectivity index (χ1) is 12.9. The van der Waals surface area contributed by atoms with E-state index in [4.69, 9.17) is 4.74 Å². The molecule has 1 aliphatic heterocycles. The molecule has 1 aromatic carbocycles. The van der Waals surface area contributed by atoms with Crippen molar-refractivity contribution in [1.29, 1.82) is 0 Å². The first kappa shape index (κ1) is 19.2. The van der Waals surface area contributed by atoms with Gasteiger partial charge in [-0.05, 0) is 0 Å². The molecule has 0 bridgehead atoms. The fourth-order valence-electron chi connectivity index (χ4n) is 2.93. The van der Waals surface area contributed by atoms with E-state index in [1.165, 1.54) is 7.05 Å². The van der Waals surface area contributed by atoms with Crippen LogP contribution in [0.1, 0.15) is 17.2 Å². The lowest BCUT2D eigenvalue weighted by Crippen LogP contribution is -2.48. The van der Waals surface area contributed by atoms with E-state index in [9.17, 15) is 17.6 Å². The second-order valence-corrected chi connectivity index (χ2v) is 6.10. The van der Waals surface area contributed by atoms with Gasteiger partial charge in [0, 0.05) is 50.6 Å². The standard InChI is InChI=1S/C17H19F4N5O/c1-22-17(23-7-11-15(20)12(18)5-13(19)16(11)21)26-3-4-27-14(9-26)10-6-24-25(2)8-10/h5-6,8,14H,3-4,7,9H2,1-2H3,(H,22,23). The summed E-state index contributed by atoms with van der Waals surface area (Å²) >= 11 is 0. The van der Waals surface area contributed by atoms with Crippen LogP contribution < -0.4 is 5.32 Å². The number of rotatable bonds is 3. The predicted molar refractivity (Wildman–Crippen MR) is 89.9 cm³/mol. The van der Waals surface area contributed by atoms with Crippen molar-refractivity contribution in [3.05, 3.63) is 52.9 Å². The lowest BCUT2D eigenvalue weighted by molar-refractivity contribution is -0.00806. The molecule has 0 aliphatic carbocycles. The summed E-state index contributed by atoms with van der Waals surface area (Å²) in [6, 6.07) is 0.184. The molecule has 2 aromatic rings. The number of benzene rings is 1. The Morgan fingerprint density at radius 3 is 2.59 bits per heavy atom.